The van der Waals surface area contributed by atoms with Crippen molar-refractivity contribution in [3.8, 4) is 28.5 Å². The molecule has 0 radical (unpaired) electrons. The third-order valence-corrected chi connectivity index (χ3v) is 4.66. The number of methoxy groups -OCH3 is 3. The molecule has 0 saturated carbocycles. The number of nitrogens with zero attached hydrogens (tertiary/aromatic N) is 2. The molecule has 0 spiro atoms. The molecule has 0 aliphatic carbocycles. The fourth-order valence-electron chi connectivity index (χ4n) is 3.30. The van der Waals surface area contributed by atoms with E-state index in [-0.39, 0.29) is 0 Å². The first-order valence-electron chi connectivity index (χ1n) is 9.13. The van der Waals surface area contributed by atoms with Gasteiger partial charge >= 0.3 is 0 Å². The summed E-state index contributed by atoms with van der Waals surface area (Å²) in [5.74, 6) is 2.31. The molecule has 6 heteroatoms. The van der Waals surface area contributed by atoms with Crippen LogP contribution >= 0.6 is 0 Å². The lowest BCUT2D eigenvalue weighted by atomic mass is 10.0. The molecule has 1 aromatic heterocycles. The largest absolute Gasteiger partial charge is 0.493 e. The quantitative estimate of drug-likeness (QED) is 0.498. The van der Waals surface area contributed by atoms with E-state index < -0.39 is 0 Å². The average Bonchev–Trinajstić information content (AvgIpc) is 2.79. The van der Waals surface area contributed by atoms with Crippen molar-refractivity contribution in [1.29, 1.82) is 0 Å². The van der Waals surface area contributed by atoms with Crippen LogP contribution in [0.1, 0.15) is 0 Å². The molecule has 1 N–H and O–H groups in total. The Morgan fingerprint density at radius 2 is 1.31 bits per heavy atom. The lowest BCUT2D eigenvalue weighted by Gasteiger charge is -2.16. The summed E-state index contributed by atoms with van der Waals surface area (Å²) >= 11 is 0. The first-order valence-corrected chi connectivity index (χ1v) is 9.13. The van der Waals surface area contributed by atoms with Gasteiger partial charge in [0.25, 0.3) is 0 Å². The molecule has 29 heavy (non-hydrogen) atoms. The summed E-state index contributed by atoms with van der Waals surface area (Å²) in [6, 6.07) is 21.8. The molecular formula is C23H21N3O3. The lowest BCUT2D eigenvalue weighted by Crippen LogP contribution is -2.01. The molecule has 6 nitrogen and oxygen atoms in total. The molecule has 0 unspecified atom stereocenters. The van der Waals surface area contributed by atoms with Gasteiger partial charge in [-0.25, -0.2) is 0 Å². The van der Waals surface area contributed by atoms with Crippen molar-refractivity contribution in [3.63, 3.8) is 0 Å². The molecule has 4 aromatic rings. The van der Waals surface area contributed by atoms with Crippen molar-refractivity contribution in [2.75, 3.05) is 26.6 Å². The minimum atomic E-state index is 0.538. The van der Waals surface area contributed by atoms with E-state index >= 15 is 0 Å². The van der Waals surface area contributed by atoms with Crippen LogP contribution in [0.3, 0.4) is 0 Å². The Morgan fingerprint density at radius 1 is 0.690 bits per heavy atom. The van der Waals surface area contributed by atoms with Crippen LogP contribution in [0.4, 0.5) is 11.5 Å². The topological polar surface area (TPSA) is 65.5 Å². The van der Waals surface area contributed by atoms with Crippen molar-refractivity contribution in [3.05, 3.63) is 66.7 Å². The highest BCUT2D eigenvalue weighted by Crippen LogP contribution is 2.41. The summed E-state index contributed by atoms with van der Waals surface area (Å²) in [5, 5.41) is 14.3. The molecule has 0 aliphatic heterocycles. The van der Waals surface area contributed by atoms with Crippen molar-refractivity contribution < 1.29 is 14.2 Å². The van der Waals surface area contributed by atoms with E-state index in [1.807, 2.05) is 66.7 Å². The fourth-order valence-corrected chi connectivity index (χ4v) is 3.30. The predicted molar refractivity (Wildman–Crippen MR) is 114 cm³/mol. The van der Waals surface area contributed by atoms with E-state index in [1.165, 1.54) is 0 Å². The average molecular weight is 387 g/mol. The SMILES string of the molecule is COc1cc(Nc2nnc(-c3ccccc3)c3ccccc23)cc(OC)c1OC. The number of hydrogen-bond acceptors (Lipinski definition) is 6. The standard InChI is InChI=1S/C23H21N3O3/c1-27-19-13-16(14-20(28-2)22(19)29-3)24-23-18-12-8-7-11-17(18)21(25-26-23)15-9-5-4-6-10-15/h4-14H,1-3H3,(H,24,26). The molecule has 0 aliphatic rings. The van der Waals surface area contributed by atoms with E-state index in [9.17, 15) is 0 Å². The van der Waals surface area contributed by atoms with Crippen LogP contribution in [0.15, 0.2) is 66.7 Å². The Hall–Kier alpha value is -3.80. The van der Waals surface area contributed by atoms with Gasteiger partial charge < -0.3 is 19.5 Å². The number of anilines is 2. The second-order valence-electron chi connectivity index (χ2n) is 6.35. The normalized spacial score (nSPS) is 10.6. The van der Waals surface area contributed by atoms with Gasteiger partial charge in [-0.05, 0) is 0 Å². The molecule has 0 amide bonds. The van der Waals surface area contributed by atoms with Gasteiger partial charge in [0.2, 0.25) is 5.75 Å². The number of rotatable bonds is 6. The third-order valence-electron chi connectivity index (χ3n) is 4.66. The predicted octanol–water partition coefficient (Wildman–Crippen LogP) is 5.07. The van der Waals surface area contributed by atoms with Crippen LogP contribution in [-0.4, -0.2) is 31.5 Å². The highest BCUT2D eigenvalue weighted by molar-refractivity contribution is 6.00. The van der Waals surface area contributed by atoms with Gasteiger partial charge in [0.15, 0.2) is 17.3 Å². The van der Waals surface area contributed by atoms with Gasteiger partial charge in [-0.1, -0.05) is 54.6 Å². The van der Waals surface area contributed by atoms with Crippen LogP contribution in [0.2, 0.25) is 0 Å². The first-order chi connectivity index (χ1) is 14.2. The lowest BCUT2D eigenvalue weighted by molar-refractivity contribution is 0.324. The molecule has 0 saturated heterocycles. The Morgan fingerprint density at radius 3 is 1.93 bits per heavy atom. The van der Waals surface area contributed by atoms with Gasteiger partial charge in [-0.15, -0.1) is 10.2 Å². The third kappa shape index (κ3) is 3.52. The number of benzene rings is 3. The number of ether oxygens (including phenoxy) is 3. The molecule has 1 heterocycles. The smallest absolute Gasteiger partial charge is 0.203 e. The van der Waals surface area contributed by atoms with Crippen LogP contribution in [-0.2, 0) is 0 Å². The molecular weight excluding hydrogens is 366 g/mol. The Labute approximate surface area is 169 Å². The summed E-state index contributed by atoms with van der Waals surface area (Å²) in [5.41, 5.74) is 2.62. The van der Waals surface area contributed by atoms with E-state index in [4.69, 9.17) is 14.2 Å². The summed E-state index contributed by atoms with van der Waals surface area (Å²) in [7, 11) is 4.75. The van der Waals surface area contributed by atoms with Crippen LogP contribution in [0, 0.1) is 0 Å². The minimum Gasteiger partial charge on any atom is -0.493 e. The Bertz CT molecular complexity index is 1120. The Balaban J connectivity index is 1.80. The summed E-state index contributed by atoms with van der Waals surface area (Å²) in [6.07, 6.45) is 0. The number of hydrogen-bond donors (Lipinski definition) is 1. The zero-order valence-corrected chi connectivity index (χ0v) is 16.5. The monoisotopic (exact) mass is 387 g/mol. The number of nitrogens with one attached hydrogen (secondary N) is 1. The molecule has 0 atom stereocenters. The maximum absolute atomic E-state index is 5.44. The van der Waals surface area contributed by atoms with Gasteiger partial charge in [0, 0.05) is 34.2 Å². The van der Waals surface area contributed by atoms with Crippen molar-refractivity contribution >= 4 is 22.3 Å². The van der Waals surface area contributed by atoms with E-state index in [0.717, 1.165) is 27.7 Å². The minimum absolute atomic E-state index is 0.538. The summed E-state index contributed by atoms with van der Waals surface area (Å²) in [4.78, 5) is 0. The highest BCUT2D eigenvalue weighted by atomic mass is 16.5. The van der Waals surface area contributed by atoms with Crippen LogP contribution in [0.25, 0.3) is 22.0 Å². The maximum Gasteiger partial charge on any atom is 0.203 e. The zero-order valence-electron chi connectivity index (χ0n) is 16.5. The highest BCUT2D eigenvalue weighted by Gasteiger charge is 2.15. The van der Waals surface area contributed by atoms with Crippen LogP contribution < -0.4 is 19.5 Å². The van der Waals surface area contributed by atoms with E-state index in [2.05, 4.69) is 15.5 Å². The van der Waals surface area contributed by atoms with Crippen molar-refractivity contribution in [2.45, 2.75) is 0 Å². The molecule has 0 fully saturated rings. The molecule has 146 valence electrons. The Kier molecular flexibility index (Phi) is 5.16. The maximum atomic E-state index is 5.44. The second-order valence-corrected chi connectivity index (χ2v) is 6.35. The second kappa shape index (κ2) is 8.06. The summed E-state index contributed by atoms with van der Waals surface area (Å²) < 4.78 is 16.3. The van der Waals surface area contributed by atoms with Gasteiger partial charge in [0.1, 0.15) is 5.69 Å². The summed E-state index contributed by atoms with van der Waals surface area (Å²) in [6.45, 7) is 0. The first kappa shape index (κ1) is 18.6. The molecule has 4 rings (SSSR count). The van der Waals surface area contributed by atoms with Gasteiger partial charge in [0.05, 0.1) is 21.3 Å². The fraction of sp³-hybridized carbons (Fsp3) is 0.130. The van der Waals surface area contributed by atoms with Crippen molar-refractivity contribution in [2.24, 2.45) is 0 Å². The van der Waals surface area contributed by atoms with Gasteiger partial charge in [-0.3, -0.25) is 0 Å². The zero-order chi connectivity index (χ0) is 20.2. The molecule has 3 aromatic carbocycles. The number of aromatic nitrogens is 2. The van der Waals surface area contributed by atoms with Crippen LogP contribution in [0.5, 0.6) is 17.2 Å². The van der Waals surface area contributed by atoms with E-state index in [1.54, 1.807) is 21.3 Å². The van der Waals surface area contributed by atoms with Crippen molar-refractivity contribution in [1.82, 2.24) is 10.2 Å². The molecule has 0 bridgehead atoms. The number of fused-ring (bicyclic) bond motifs is 1. The van der Waals surface area contributed by atoms with E-state index in [0.29, 0.717) is 23.1 Å². The van der Waals surface area contributed by atoms with Gasteiger partial charge in [-0.2, -0.15) is 0 Å².